The van der Waals surface area contributed by atoms with Crippen molar-refractivity contribution >= 4 is 17.7 Å². The lowest BCUT2D eigenvalue weighted by Gasteiger charge is -2.52. The minimum atomic E-state index is 0.149. The molecule has 5 rings (SSSR count). The average molecular weight is 648 g/mol. The first-order chi connectivity index (χ1) is 23.7. The molecule has 0 aliphatic heterocycles. The van der Waals surface area contributed by atoms with Crippen LogP contribution in [-0.2, 0) is 6.42 Å². The third-order valence-corrected chi connectivity index (χ3v) is 9.64. The highest BCUT2D eigenvalue weighted by Gasteiger charge is 2.54. The Hall–Kier alpha value is -4.00. The highest BCUT2D eigenvalue weighted by molar-refractivity contribution is 5.51. The molecule has 0 amide bonds. The molecule has 1 fully saturated rings. The zero-order valence-corrected chi connectivity index (χ0v) is 29.7. The van der Waals surface area contributed by atoms with Crippen molar-refractivity contribution in [2.45, 2.75) is 116 Å². The summed E-state index contributed by atoms with van der Waals surface area (Å²) in [5.41, 5.74) is 6.00. The lowest BCUT2D eigenvalue weighted by Crippen LogP contribution is -2.41. The van der Waals surface area contributed by atoms with E-state index in [2.05, 4.69) is 116 Å². The molecule has 2 heterocycles. The van der Waals surface area contributed by atoms with Gasteiger partial charge >= 0.3 is 0 Å². The lowest BCUT2D eigenvalue weighted by molar-refractivity contribution is 0.220. The van der Waals surface area contributed by atoms with Gasteiger partial charge in [0.2, 0.25) is 11.9 Å². The van der Waals surface area contributed by atoms with E-state index in [1.807, 2.05) is 0 Å². The fourth-order valence-electron chi connectivity index (χ4n) is 7.07. The molecule has 4 aromatic rings. The summed E-state index contributed by atoms with van der Waals surface area (Å²) >= 11 is 0. The monoisotopic (exact) mass is 647 g/mol. The molecule has 1 aliphatic rings. The number of hydrogen-bond acceptors (Lipinski definition) is 7. The van der Waals surface area contributed by atoms with Crippen LogP contribution in [0.1, 0.15) is 137 Å². The predicted molar refractivity (Wildman–Crippen MR) is 201 cm³/mol. The Balaban J connectivity index is 1.63. The molecule has 0 saturated heterocycles. The number of hydrogen-bond donors (Lipinski definition) is 3. The van der Waals surface area contributed by atoms with Crippen LogP contribution in [0.3, 0.4) is 0 Å². The second kappa shape index (κ2) is 18.5. The summed E-state index contributed by atoms with van der Waals surface area (Å²) in [5.74, 6) is 3.09. The Kier molecular flexibility index (Phi) is 13.6. The van der Waals surface area contributed by atoms with Crippen LogP contribution < -0.4 is 16.0 Å². The molecule has 0 unspecified atom stereocenters. The average Bonchev–Trinajstić information content (AvgIpc) is 3.09. The number of nitrogens with zero attached hydrogens (tertiary/aromatic N) is 4. The molecule has 256 valence electrons. The molecule has 48 heavy (non-hydrogen) atoms. The molecule has 0 radical (unpaired) electrons. The molecular weight excluding hydrogens is 591 g/mol. The second-order valence-corrected chi connectivity index (χ2v) is 13.3. The normalized spacial score (nSPS) is 18.7. The van der Waals surface area contributed by atoms with Crippen LogP contribution in [0.15, 0.2) is 72.8 Å². The third kappa shape index (κ3) is 9.12. The van der Waals surface area contributed by atoms with Crippen LogP contribution in [0.5, 0.6) is 0 Å². The van der Waals surface area contributed by atoms with Gasteiger partial charge in [0.25, 0.3) is 0 Å². The minimum absolute atomic E-state index is 0.149. The molecule has 0 bridgehead atoms. The summed E-state index contributed by atoms with van der Waals surface area (Å²) < 4.78 is 0. The van der Waals surface area contributed by atoms with E-state index in [0.29, 0.717) is 5.95 Å². The van der Waals surface area contributed by atoms with Gasteiger partial charge in [-0.1, -0.05) is 120 Å². The number of benzene rings is 2. The van der Waals surface area contributed by atoms with Gasteiger partial charge in [-0.2, -0.15) is 4.98 Å². The molecular formula is C41H57N7. The van der Waals surface area contributed by atoms with E-state index in [0.717, 1.165) is 99.8 Å². The first-order valence-electron chi connectivity index (χ1n) is 18.7. The maximum Gasteiger partial charge on any atom is 0.224 e. The van der Waals surface area contributed by atoms with E-state index in [4.69, 9.17) is 19.9 Å². The molecule has 2 aromatic heterocycles. The maximum absolute atomic E-state index is 5.29. The van der Waals surface area contributed by atoms with Gasteiger partial charge in [0, 0.05) is 55.1 Å². The van der Waals surface area contributed by atoms with Crippen molar-refractivity contribution in [1.82, 2.24) is 19.9 Å². The van der Waals surface area contributed by atoms with Crippen molar-refractivity contribution in [2.75, 3.05) is 35.6 Å². The maximum atomic E-state index is 5.29. The van der Waals surface area contributed by atoms with Gasteiger partial charge in [-0.15, -0.1) is 0 Å². The number of aromatic nitrogens is 4. The molecule has 2 aromatic carbocycles. The Morgan fingerprint density at radius 3 is 1.48 bits per heavy atom. The first-order valence-corrected chi connectivity index (χ1v) is 18.7. The zero-order valence-electron chi connectivity index (χ0n) is 29.7. The van der Waals surface area contributed by atoms with Gasteiger partial charge in [0.05, 0.1) is 11.4 Å². The van der Waals surface area contributed by atoms with Crippen molar-refractivity contribution in [3.63, 3.8) is 0 Å². The molecule has 2 atom stereocenters. The van der Waals surface area contributed by atoms with Crippen molar-refractivity contribution < 1.29 is 0 Å². The van der Waals surface area contributed by atoms with Crippen molar-refractivity contribution in [1.29, 1.82) is 0 Å². The van der Waals surface area contributed by atoms with E-state index >= 15 is 0 Å². The summed E-state index contributed by atoms with van der Waals surface area (Å²) in [4.78, 5) is 20.5. The highest BCUT2D eigenvalue weighted by Crippen LogP contribution is 2.66. The molecule has 3 N–H and O–H groups in total. The quantitative estimate of drug-likeness (QED) is 0.0823. The van der Waals surface area contributed by atoms with E-state index in [1.165, 1.54) is 24.0 Å². The van der Waals surface area contributed by atoms with E-state index in [-0.39, 0.29) is 23.7 Å². The van der Waals surface area contributed by atoms with Gasteiger partial charge in [-0.25, -0.2) is 15.0 Å². The lowest BCUT2D eigenvalue weighted by atomic mass is 9.50. The zero-order chi connectivity index (χ0) is 33.6. The standard InChI is InChI=1S/C41H57N7/c1-5-9-15-24-32-28-33(46-40(45-32)43-26-11-7-3)38-36(30-20-16-13-17-21-30)39(37(38)31-22-18-14-19-23-31)34-29-35(42-25-10-6-2)48-41(47-34)44-27-12-8-4/h13-14,16-23,28-29,36-39H,5-12,15,24-27H2,1-4H3,(H,43,45,46)(H2,42,44,47,48)/t36-,37-,38?,39?/m1/s1. The Labute approximate surface area is 289 Å². The van der Waals surface area contributed by atoms with Crippen LogP contribution in [0, 0.1) is 0 Å². The van der Waals surface area contributed by atoms with E-state index in [1.54, 1.807) is 0 Å². The number of unbranched alkanes of at least 4 members (excludes halogenated alkanes) is 5. The molecule has 1 aliphatic carbocycles. The largest absolute Gasteiger partial charge is 0.370 e. The van der Waals surface area contributed by atoms with Crippen LogP contribution in [-0.4, -0.2) is 39.6 Å². The number of nitrogens with one attached hydrogen (secondary N) is 3. The summed E-state index contributed by atoms with van der Waals surface area (Å²) in [6.45, 7) is 11.6. The molecule has 1 saturated carbocycles. The smallest absolute Gasteiger partial charge is 0.224 e. The van der Waals surface area contributed by atoms with E-state index in [9.17, 15) is 0 Å². The fraction of sp³-hybridized carbons (Fsp3) is 0.512. The summed E-state index contributed by atoms with van der Waals surface area (Å²) in [6.07, 6.45) is 11.2. The van der Waals surface area contributed by atoms with Crippen molar-refractivity contribution in [3.8, 4) is 0 Å². The van der Waals surface area contributed by atoms with Crippen LogP contribution in [0.2, 0.25) is 0 Å². The van der Waals surface area contributed by atoms with Crippen LogP contribution in [0.25, 0.3) is 0 Å². The van der Waals surface area contributed by atoms with Crippen LogP contribution in [0.4, 0.5) is 17.7 Å². The SMILES string of the molecule is CCCCCc1cc(C2[C@@H](c3ccccc3)C(c3cc(NCCCC)nc(NCCCC)n3)[C@@H]2c2ccccc2)nc(NCCCC)n1. The number of anilines is 3. The topological polar surface area (TPSA) is 87.7 Å². The molecule has 0 spiro atoms. The Morgan fingerprint density at radius 1 is 0.479 bits per heavy atom. The summed E-state index contributed by atoms with van der Waals surface area (Å²) in [6, 6.07) is 26.6. The molecule has 7 heteroatoms. The van der Waals surface area contributed by atoms with Gasteiger partial charge in [0.1, 0.15) is 5.82 Å². The fourth-order valence-corrected chi connectivity index (χ4v) is 7.07. The van der Waals surface area contributed by atoms with Crippen molar-refractivity contribution in [2.24, 2.45) is 0 Å². The predicted octanol–water partition coefficient (Wildman–Crippen LogP) is 10.1. The van der Waals surface area contributed by atoms with Gasteiger partial charge in [-0.05, 0) is 49.3 Å². The summed E-state index contributed by atoms with van der Waals surface area (Å²) in [7, 11) is 0. The van der Waals surface area contributed by atoms with E-state index < -0.39 is 0 Å². The highest BCUT2D eigenvalue weighted by atomic mass is 15.1. The van der Waals surface area contributed by atoms with Crippen LogP contribution >= 0.6 is 0 Å². The Bertz CT molecular complexity index is 1330. The molecule has 7 nitrogen and oxygen atoms in total. The summed E-state index contributed by atoms with van der Waals surface area (Å²) in [5, 5.41) is 10.7. The van der Waals surface area contributed by atoms with Gasteiger partial charge in [-0.3, -0.25) is 0 Å². The number of aryl methyl sites for hydroxylation is 1. The van der Waals surface area contributed by atoms with Gasteiger partial charge < -0.3 is 16.0 Å². The van der Waals surface area contributed by atoms with Crippen molar-refractivity contribution in [3.05, 3.63) is 101 Å². The van der Waals surface area contributed by atoms with Gasteiger partial charge in [0.15, 0.2) is 0 Å². The minimum Gasteiger partial charge on any atom is -0.370 e. The second-order valence-electron chi connectivity index (χ2n) is 13.3. The Morgan fingerprint density at radius 2 is 0.958 bits per heavy atom. The third-order valence-electron chi connectivity index (χ3n) is 9.64. The number of rotatable bonds is 20. The first kappa shape index (κ1) is 35.3.